The number of quaternary nitrogens is 1. The van der Waals surface area contributed by atoms with Crippen molar-refractivity contribution in [2.24, 2.45) is 0 Å². The number of nitrogens with one attached hydrogen (secondary N) is 3. The summed E-state index contributed by atoms with van der Waals surface area (Å²) in [5, 5.41) is 4.80. The first-order valence-corrected chi connectivity index (χ1v) is 12.7. The Morgan fingerprint density at radius 1 is 0.968 bits per heavy atom. The van der Waals surface area contributed by atoms with Gasteiger partial charge in [-0.2, -0.15) is 0 Å². The van der Waals surface area contributed by atoms with E-state index < -0.39 is 10.0 Å². The molecule has 162 valence electrons. The molecule has 0 aliphatic carbocycles. The molecule has 31 heavy (non-hydrogen) atoms. The summed E-state index contributed by atoms with van der Waals surface area (Å²) < 4.78 is 27.9. The standard InChI is InChI=1S/C23H25N3O3S2/c27-23(24-19-12-14-26(15-13-19)17-18-7-2-1-3-8-18)20-9-4-5-10-21(20)25-31(28,29)22-11-6-16-30-22/h1-11,16,19,25H,12-15,17H2,(H,24,27)/p+1. The summed E-state index contributed by atoms with van der Waals surface area (Å²) in [6.45, 7) is 2.98. The number of amides is 1. The van der Waals surface area contributed by atoms with Crippen LogP contribution < -0.4 is 14.9 Å². The summed E-state index contributed by atoms with van der Waals surface area (Å²) in [5.41, 5.74) is 1.95. The maximum Gasteiger partial charge on any atom is 0.271 e. The van der Waals surface area contributed by atoms with Gasteiger partial charge in [0.2, 0.25) is 0 Å². The zero-order valence-electron chi connectivity index (χ0n) is 17.1. The van der Waals surface area contributed by atoms with Crippen LogP contribution in [0, 0.1) is 0 Å². The van der Waals surface area contributed by atoms with Gasteiger partial charge in [-0.05, 0) is 23.6 Å². The van der Waals surface area contributed by atoms with Gasteiger partial charge < -0.3 is 10.2 Å². The fourth-order valence-corrected chi connectivity index (χ4v) is 5.95. The molecule has 1 aliphatic heterocycles. The summed E-state index contributed by atoms with van der Waals surface area (Å²) in [7, 11) is -3.71. The molecule has 0 atom stereocenters. The molecule has 1 saturated heterocycles. The van der Waals surface area contributed by atoms with Crippen molar-refractivity contribution in [2.45, 2.75) is 29.6 Å². The Labute approximate surface area is 187 Å². The van der Waals surface area contributed by atoms with Gasteiger partial charge in [0.15, 0.2) is 0 Å². The Morgan fingerprint density at radius 2 is 1.68 bits per heavy atom. The van der Waals surface area contributed by atoms with E-state index in [2.05, 4.69) is 34.3 Å². The highest BCUT2D eigenvalue weighted by molar-refractivity contribution is 7.94. The van der Waals surface area contributed by atoms with E-state index in [-0.39, 0.29) is 16.2 Å². The van der Waals surface area contributed by atoms with Gasteiger partial charge in [0, 0.05) is 24.4 Å². The number of sulfonamides is 1. The van der Waals surface area contributed by atoms with Crippen LogP contribution in [0.25, 0.3) is 0 Å². The summed E-state index contributed by atoms with van der Waals surface area (Å²) >= 11 is 1.14. The third-order valence-corrected chi connectivity index (χ3v) is 8.26. The second-order valence-electron chi connectivity index (χ2n) is 7.74. The van der Waals surface area contributed by atoms with Crippen LogP contribution in [-0.4, -0.2) is 33.5 Å². The maximum atomic E-state index is 12.9. The molecule has 8 heteroatoms. The van der Waals surface area contributed by atoms with Crippen molar-refractivity contribution in [1.82, 2.24) is 5.32 Å². The van der Waals surface area contributed by atoms with Gasteiger partial charge in [-0.3, -0.25) is 9.52 Å². The predicted octanol–water partition coefficient (Wildman–Crippen LogP) is 2.53. The lowest BCUT2D eigenvalue weighted by Gasteiger charge is -2.30. The Hall–Kier alpha value is -2.68. The number of carbonyl (C=O) groups excluding carboxylic acids is 1. The van der Waals surface area contributed by atoms with E-state index in [0.29, 0.717) is 11.3 Å². The van der Waals surface area contributed by atoms with Crippen molar-refractivity contribution in [1.29, 1.82) is 0 Å². The number of thiophene rings is 1. The van der Waals surface area contributed by atoms with E-state index in [1.807, 2.05) is 6.07 Å². The quantitative estimate of drug-likeness (QED) is 0.511. The van der Waals surface area contributed by atoms with E-state index in [0.717, 1.165) is 43.8 Å². The number of hydrogen-bond acceptors (Lipinski definition) is 4. The van der Waals surface area contributed by atoms with Crippen LogP contribution in [0.5, 0.6) is 0 Å². The molecular weight excluding hydrogens is 430 g/mol. The second-order valence-corrected chi connectivity index (χ2v) is 10.6. The number of piperidine rings is 1. The molecule has 3 aromatic rings. The van der Waals surface area contributed by atoms with Gasteiger partial charge >= 0.3 is 0 Å². The Kier molecular flexibility index (Phi) is 6.70. The molecule has 0 radical (unpaired) electrons. The van der Waals surface area contributed by atoms with E-state index in [4.69, 9.17) is 0 Å². The second kappa shape index (κ2) is 9.64. The topological polar surface area (TPSA) is 79.7 Å². The minimum absolute atomic E-state index is 0.0917. The average Bonchev–Trinajstić information content (AvgIpc) is 3.32. The fourth-order valence-electron chi connectivity index (χ4n) is 3.88. The Bertz CT molecular complexity index is 1110. The minimum atomic E-state index is -3.71. The Balaban J connectivity index is 1.36. The van der Waals surface area contributed by atoms with Crippen LogP contribution in [0.2, 0.25) is 0 Å². The molecule has 0 saturated carbocycles. The van der Waals surface area contributed by atoms with Crippen LogP contribution in [0.3, 0.4) is 0 Å². The molecule has 2 aromatic carbocycles. The lowest BCUT2D eigenvalue weighted by molar-refractivity contribution is -0.918. The predicted molar refractivity (Wildman–Crippen MR) is 123 cm³/mol. The van der Waals surface area contributed by atoms with Crippen molar-refractivity contribution < 1.29 is 18.1 Å². The molecule has 1 amide bonds. The van der Waals surface area contributed by atoms with Crippen LogP contribution in [0.4, 0.5) is 5.69 Å². The molecule has 4 rings (SSSR count). The molecule has 3 N–H and O–H groups in total. The number of carbonyl (C=O) groups is 1. The SMILES string of the molecule is O=C(NC1CC[NH+](Cc2ccccc2)CC1)c1ccccc1NS(=O)(=O)c1cccs1. The zero-order valence-corrected chi connectivity index (χ0v) is 18.7. The van der Waals surface area contributed by atoms with Gasteiger partial charge in [0.25, 0.3) is 15.9 Å². The maximum absolute atomic E-state index is 12.9. The number of benzene rings is 2. The highest BCUT2D eigenvalue weighted by Crippen LogP contribution is 2.23. The molecule has 1 aliphatic rings. The van der Waals surface area contributed by atoms with Crippen molar-refractivity contribution >= 4 is 33.0 Å². The van der Waals surface area contributed by atoms with E-state index in [9.17, 15) is 13.2 Å². The van der Waals surface area contributed by atoms with Crippen LogP contribution >= 0.6 is 11.3 Å². The first kappa shape index (κ1) is 21.5. The Morgan fingerprint density at radius 3 is 2.39 bits per heavy atom. The smallest absolute Gasteiger partial charge is 0.271 e. The molecular formula is C23H26N3O3S2+. The van der Waals surface area contributed by atoms with Gasteiger partial charge in [-0.15, -0.1) is 11.3 Å². The van der Waals surface area contributed by atoms with E-state index in [1.165, 1.54) is 10.5 Å². The zero-order chi connectivity index (χ0) is 21.7. The van der Waals surface area contributed by atoms with Crippen LogP contribution in [0.1, 0.15) is 28.8 Å². The number of rotatable bonds is 7. The van der Waals surface area contributed by atoms with Crippen molar-refractivity contribution in [3.63, 3.8) is 0 Å². The molecule has 1 fully saturated rings. The fraction of sp³-hybridized carbons (Fsp3) is 0.261. The number of likely N-dealkylation sites (tertiary alicyclic amines) is 1. The van der Waals surface area contributed by atoms with Crippen molar-refractivity contribution in [3.8, 4) is 0 Å². The molecule has 0 unspecified atom stereocenters. The molecule has 6 nitrogen and oxygen atoms in total. The van der Waals surface area contributed by atoms with Gasteiger partial charge in [0.1, 0.15) is 10.8 Å². The molecule has 1 aromatic heterocycles. The summed E-state index contributed by atoms with van der Waals surface area (Å²) in [5.74, 6) is -0.249. The largest absolute Gasteiger partial charge is 0.349 e. The lowest BCUT2D eigenvalue weighted by atomic mass is 10.0. The molecule has 0 bridgehead atoms. The number of hydrogen-bond donors (Lipinski definition) is 3. The van der Waals surface area contributed by atoms with Crippen LogP contribution in [-0.2, 0) is 16.6 Å². The highest BCUT2D eigenvalue weighted by Gasteiger charge is 2.25. The van der Waals surface area contributed by atoms with Gasteiger partial charge in [0.05, 0.1) is 24.3 Å². The summed E-state index contributed by atoms with van der Waals surface area (Å²) in [6, 6.07) is 20.5. The first-order valence-electron chi connectivity index (χ1n) is 10.3. The van der Waals surface area contributed by atoms with Gasteiger partial charge in [-0.1, -0.05) is 48.5 Å². The van der Waals surface area contributed by atoms with Crippen LogP contribution in [0.15, 0.2) is 76.3 Å². The number of anilines is 1. The first-order chi connectivity index (χ1) is 15.0. The monoisotopic (exact) mass is 456 g/mol. The van der Waals surface area contributed by atoms with E-state index in [1.54, 1.807) is 41.8 Å². The molecule has 0 spiro atoms. The van der Waals surface area contributed by atoms with Crippen molar-refractivity contribution in [2.75, 3.05) is 17.8 Å². The minimum Gasteiger partial charge on any atom is -0.349 e. The molecule has 2 heterocycles. The number of para-hydroxylation sites is 1. The third kappa shape index (κ3) is 5.52. The highest BCUT2D eigenvalue weighted by atomic mass is 32.2. The van der Waals surface area contributed by atoms with Crippen molar-refractivity contribution in [3.05, 3.63) is 83.2 Å². The third-order valence-electron chi connectivity index (χ3n) is 5.50. The summed E-state index contributed by atoms with van der Waals surface area (Å²) in [4.78, 5) is 14.4. The average molecular weight is 457 g/mol. The summed E-state index contributed by atoms with van der Waals surface area (Å²) in [6.07, 6.45) is 1.80. The normalized spacial score (nSPS) is 19.0. The lowest BCUT2D eigenvalue weighted by Crippen LogP contribution is -3.12. The van der Waals surface area contributed by atoms with E-state index >= 15 is 0 Å². The van der Waals surface area contributed by atoms with Gasteiger partial charge in [-0.25, -0.2) is 8.42 Å².